The Kier molecular flexibility index (Phi) is 4.01. The molecule has 0 aliphatic carbocycles. The molecular weight excluding hydrogens is 368 g/mol. The second-order valence-electron chi connectivity index (χ2n) is 6.10. The van der Waals surface area contributed by atoms with Crippen LogP contribution in [0.15, 0.2) is 51.4 Å². The van der Waals surface area contributed by atoms with Crippen LogP contribution in [-0.2, 0) is 4.79 Å². The Morgan fingerprint density at radius 1 is 1.15 bits per heavy atom. The van der Waals surface area contributed by atoms with Gasteiger partial charge in [0.2, 0.25) is 0 Å². The Balaban J connectivity index is 1.76. The molecule has 0 bridgehead atoms. The molecule has 1 aliphatic heterocycles. The number of nitrogens with one attached hydrogen (secondary N) is 2. The van der Waals surface area contributed by atoms with Crippen LogP contribution in [0.1, 0.15) is 16.7 Å². The number of aromatic nitrogens is 1. The van der Waals surface area contributed by atoms with Crippen LogP contribution >= 0.6 is 11.6 Å². The summed E-state index contributed by atoms with van der Waals surface area (Å²) in [6.07, 6.45) is 1.12. The first kappa shape index (κ1) is 17.0. The summed E-state index contributed by atoms with van der Waals surface area (Å²) < 4.78 is 0. The van der Waals surface area contributed by atoms with Gasteiger partial charge in [0, 0.05) is 16.0 Å². The lowest BCUT2D eigenvalue weighted by Gasteiger charge is -2.04. The van der Waals surface area contributed by atoms with Gasteiger partial charge in [-0.2, -0.15) is 5.10 Å². The molecule has 2 heterocycles. The van der Waals surface area contributed by atoms with E-state index in [4.69, 9.17) is 11.6 Å². The summed E-state index contributed by atoms with van der Waals surface area (Å²) in [5, 5.41) is 21.8. The van der Waals surface area contributed by atoms with Gasteiger partial charge < -0.3 is 15.4 Å². The second kappa shape index (κ2) is 6.37. The number of carbonyl (C=O) groups excluding carboxylic acids is 1. The zero-order valence-electron chi connectivity index (χ0n) is 14.1. The molecule has 3 aromatic rings. The number of amides is 1. The fourth-order valence-electron chi connectivity index (χ4n) is 2.89. The van der Waals surface area contributed by atoms with Crippen LogP contribution in [0.2, 0.25) is 5.02 Å². The van der Waals surface area contributed by atoms with Gasteiger partial charge in [0.25, 0.3) is 11.5 Å². The minimum atomic E-state index is -0.507. The third kappa shape index (κ3) is 2.98. The average Bonchev–Trinajstić information content (AvgIpc) is 2.93. The molecule has 8 heteroatoms. The minimum Gasteiger partial charge on any atom is -0.506 e. The maximum absolute atomic E-state index is 12.2. The molecule has 0 saturated carbocycles. The first-order valence-electron chi connectivity index (χ1n) is 8.02. The lowest BCUT2D eigenvalue weighted by Crippen LogP contribution is -2.14. The Morgan fingerprint density at radius 3 is 2.78 bits per heavy atom. The van der Waals surface area contributed by atoms with Crippen molar-refractivity contribution in [2.75, 3.05) is 5.32 Å². The fraction of sp³-hybridized carbons (Fsp3) is 0.0526. The molecule has 0 radical (unpaired) electrons. The van der Waals surface area contributed by atoms with E-state index < -0.39 is 11.5 Å². The largest absolute Gasteiger partial charge is 0.506 e. The number of anilines is 1. The van der Waals surface area contributed by atoms with Gasteiger partial charge in [-0.05, 0) is 37.3 Å². The van der Waals surface area contributed by atoms with Gasteiger partial charge in [-0.3, -0.25) is 9.59 Å². The Labute approximate surface area is 158 Å². The quantitative estimate of drug-likeness (QED) is 0.470. The molecule has 3 N–H and O–H groups in total. The molecule has 27 heavy (non-hydrogen) atoms. The third-order valence-corrected chi connectivity index (χ3v) is 4.46. The molecule has 4 rings (SSSR count). The highest BCUT2D eigenvalue weighted by Gasteiger charge is 2.26. The highest BCUT2D eigenvalue weighted by atomic mass is 35.5. The van der Waals surface area contributed by atoms with Crippen LogP contribution in [0.3, 0.4) is 0 Å². The zero-order chi connectivity index (χ0) is 19.1. The van der Waals surface area contributed by atoms with Crippen LogP contribution < -0.4 is 10.9 Å². The van der Waals surface area contributed by atoms with Gasteiger partial charge in [0.05, 0.1) is 17.4 Å². The number of pyridine rings is 1. The van der Waals surface area contributed by atoms with E-state index in [0.717, 1.165) is 11.8 Å². The third-order valence-electron chi connectivity index (χ3n) is 4.22. The number of fused-ring (bicyclic) bond motifs is 2. The van der Waals surface area contributed by atoms with Gasteiger partial charge in [-0.15, -0.1) is 5.10 Å². The number of H-pyrrole nitrogens is 1. The standard InChI is InChI=1S/C19H13ClN4O3/c1-9-2-4-15-12(6-9)17(25)13(18(26)22-15)8-21-24-16-11-7-10(20)3-5-14(11)23-19(16)27/h2-8H,1H3,(H2,22,25,26)(H,23,24,27). The number of halogens is 1. The normalized spacial score (nSPS) is 14.9. The minimum absolute atomic E-state index is 0.0397. The van der Waals surface area contributed by atoms with Gasteiger partial charge in [0.15, 0.2) is 5.71 Å². The zero-order valence-corrected chi connectivity index (χ0v) is 14.8. The molecule has 1 amide bonds. The number of benzene rings is 2. The van der Waals surface area contributed by atoms with Crippen LogP contribution in [0, 0.1) is 6.92 Å². The first-order chi connectivity index (χ1) is 12.9. The van der Waals surface area contributed by atoms with Crippen molar-refractivity contribution < 1.29 is 9.90 Å². The highest BCUT2D eigenvalue weighted by molar-refractivity contribution is 6.54. The summed E-state index contributed by atoms with van der Waals surface area (Å²) >= 11 is 5.97. The van der Waals surface area contributed by atoms with Gasteiger partial charge in [-0.1, -0.05) is 23.2 Å². The monoisotopic (exact) mass is 380 g/mol. The smallest absolute Gasteiger partial charge is 0.276 e. The van der Waals surface area contributed by atoms with Crippen molar-refractivity contribution in [3.63, 3.8) is 0 Å². The topological polar surface area (TPSA) is 107 Å². The molecule has 0 atom stereocenters. The predicted octanol–water partition coefficient (Wildman–Crippen LogP) is 2.97. The number of aromatic hydroxyl groups is 1. The second-order valence-corrected chi connectivity index (χ2v) is 6.54. The van der Waals surface area contributed by atoms with Crippen LogP contribution in [0.4, 0.5) is 5.69 Å². The van der Waals surface area contributed by atoms with Crippen LogP contribution in [0.25, 0.3) is 10.9 Å². The number of aryl methyl sites for hydroxylation is 1. The molecule has 7 nitrogen and oxygen atoms in total. The molecule has 1 aliphatic rings. The molecule has 0 fully saturated rings. The predicted molar refractivity (Wildman–Crippen MR) is 105 cm³/mol. The van der Waals surface area contributed by atoms with E-state index in [0.29, 0.717) is 27.2 Å². The maximum Gasteiger partial charge on any atom is 0.276 e. The SMILES string of the molecule is Cc1ccc2[nH]c(=O)c(C=NN=C3C(=O)Nc4ccc(Cl)cc43)c(O)c2c1. The summed E-state index contributed by atoms with van der Waals surface area (Å²) in [5.74, 6) is -0.614. The van der Waals surface area contributed by atoms with Crippen LogP contribution in [0.5, 0.6) is 5.75 Å². The van der Waals surface area contributed by atoms with E-state index in [9.17, 15) is 14.7 Å². The number of nitrogens with zero attached hydrogens (tertiary/aromatic N) is 2. The number of carbonyl (C=O) groups is 1. The van der Waals surface area contributed by atoms with E-state index in [-0.39, 0.29) is 17.0 Å². The summed E-state index contributed by atoms with van der Waals surface area (Å²) in [6, 6.07) is 10.2. The van der Waals surface area contributed by atoms with E-state index in [2.05, 4.69) is 20.5 Å². The number of hydrogen-bond acceptors (Lipinski definition) is 5. The lowest BCUT2D eigenvalue weighted by atomic mass is 10.1. The van der Waals surface area contributed by atoms with Crippen molar-refractivity contribution in [1.82, 2.24) is 4.98 Å². The molecular formula is C19H13ClN4O3. The molecule has 0 saturated heterocycles. The fourth-order valence-corrected chi connectivity index (χ4v) is 3.07. The molecule has 1 aromatic heterocycles. The molecule has 134 valence electrons. The lowest BCUT2D eigenvalue weighted by molar-refractivity contribution is -0.110. The Hall–Kier alpha value is -3.45. The summed E-state index contributed by atoms with van der Waals surface area (Å²) in [7, 11) is 0. The highest BCUT2D eigenvalue weighted by Crippen LogP contribution is 2.27. The first-order valence-corrected chi connectivity index (χ1v) is 8.40. The molecule has 0 unspecified atom stereocenters. The van der Waals surface area contributed by atoms with Crippen molar-refractivity contribution in [3.05, 3.63) is 68.5 Å². The van der Waals surface area contributed by atoms with Crippen molar-refractivity contribution in [2.45, 2.75) is 6.92 Å². The average molecular weight is 381 g/mol. The number of aromatic amines is 1. The van der Waals surface area contributed by atoms with Crippen molar-refractivity contribution >= 4 is 46.0 Å². The number of hydrogen-bond donors (Lipinski definition) is 3. The summed E-state index contributed by atoms with van der Waals surface area (Å²) in [6.45, 7) is 1.88. The van der Waals surface area contributed by atoms with E-state index in [1.54, 1.807) is 30.3 Å². The van der Waals surface area contributed by atoms with Crippen molar-refractivity contribution in [3.8, 4) is 5.75 Å². The maximum atomic E-state index is 12.2. The van der Waals surface area contributed by atoms with Crippen LogP contribution in [-0.4, -0.2) is 27.9 Å². The Morgan fingerprint density at radius 2 is 1.96 bits per heavy atom. The summed E-state index contributed by atoms with van der Waals surface area (Å²) in [4.78, 5) is 27.0. The van der Waals surface area contributed by atoms with Crippen molar-refractivity contribution in [2.24, 2.45) is 10.2 Å². The van der Waals surface area contributed by atoms with E-state index in [1.165, 1.54) is 0 Å². The van der Waals surface area contributed by atoms with E-state index in [1.807, 2.05) is 13.0 Å². The van der Waals surface area contributed by atoms with Gasteiger partial charge >= 0.3 is 0 Å². The Bertz CT molecular complexity index is 1230. The molecule has 0 spiro atoms. The van der Waals surface area contributed by atoms with Gasteiger partial charge in [0.1, 0.15) is 11.3 Å². The van der Waals surface area contributed by atoms with E-state index >= 15 is 0 Å². The number of rotatable bonds is 2. The molecule has 2 aromatic carbocycles. The van der Waals surface area contributed by atoms with Gasteiger partial charge in [-0.25, -0.2) is 0 Å². The summed E-state index contributed by atoms with van der Waals surface area (Å²) in [5.41, 5.74) is 2.09. The van der Waals surface area contributed by atoms with Crippen molar-refractivity contribution in [1.29, 1.82) is 0 Å².